The molecule has 0 saturated carbocycles. The van der Waals surface area contributed by atoms with Crippen molar-refractivity contribution >= 4 is 21.4 Å². The molecule has 0 atom stereocenters. The van der Waals surface area contributed by atoms with Gasteiger partial charge in [0.15, 0.2) is 0 Å². The van der Waals surface area contributed by atoms with Crippen molar-refractivity contribution in [1.29, 1.82) is 0 Å². The minimum Gasteiger partial charge on any atom is -0.399 e. The summed E-state index contributed by atoms with van der Waals surface area (Å²) in [4.78, 5) is 0.0280. The maximum atomic E-state index is 11.6. The SMILES string of the molecule is CC1(Nc2ccc(N)cc2S(N)(=O)=O)CCOCC1. The monoisotopic (exact) mass is 285 g/mol. The van der Waals surface area contributed by atoms with Crippen LogP contribution in [0.25, 0.3) is 0 Å². The number of nitrogens with two attached hydrogens (primary N) is 2. The molecule has 19 heavy (non-hydrogen) atoms. The molecule has 0 spiro atoms. The summed E-state index contributed by atoms with van der Waals surface area (Å²) >= 11 is 0. The highest BCUT2D eigenvalue weighted by Gasteiger charge is 2.28. The minimum absolute atomic E-state index is 0.0280. The Kier molecular flexibility index (Phi) is 3.71. The molecular weight excluding hydrogens is 266 g/mol. The van der Waals surface area contributed by atoms with E-state index in [-0.39, 0.29) is 10.4 Å². The maximum Gasteiger partial charge on any atom is 0.240 e. The smallest absolute Gasteiger partial charge is 0.240 e. The molecule has 1 saturated heterocycles. The van der Waals surface area contributed by atoms with Crippen molar-refractivity contribution < 1.29 is 13.2 Å². The minimum atomic E-state index is -3.81. The summed E-state index contributed by atoms with van der Waals surface area (Å²) in [5, 5.41) is 8.49. The summed E-state index contributed by atoms with van der Waals surface area (Å²) in [5.41, 5.74) is 6.28. The molecule has 106 valence electrons. The Bertz CT molecular complexity index is 566. The molecule has 6 nitrogen and oxygen atoms in total. The second-order valence-electron chi connectivity index (χ2n) is 5.10. The Morgan fingerprint density at radius 2 is 1.95 bits per heavy atom. The van der Waals surface area contributed by atoms with Crippen molar-refractivity contribution in [3.05, 3.63) is 18.2 Å². The number of nitrogen functional groups attached to an aromatic ring is 1. The van der Waals surface area contributed by atoms with Gasteiger partial charge in [0, 0.05) is 24.4 Å². The fourth-order valence-electron chi connectivity index (χ4n) is 2.15. The number of nitrogens with one attached hydrogen (secondary N) is 1. The first-order chi connectivity index (χ1) is 8.80. The van der Waals surface area contributed by atoms with Crippen LogP contribution in [0, 0.1) is 0 Å². The zero-order valence-corrected chi connectivity index (χ0v) is 11.7. The summed E-state index contributed by atoms with van der Waals surface area (Å²) in [6.45, 7) is 3.35. The average Bonchev–Trinajstić information content (AvgIpc) is 2.31. The van der Waals surface area contributed by atoms with Crippen LogP contribution in [0.5, 0.6) is 0 Å². The quantitative estimate of drug-likeness (QED) is 0.715. The Hall–Kier alpha value is -1.31. The van der Waals surface area contributed by atoms with Crippen LogP contribution in [0.15, 0.2) is 23.1 Å². The standard InChI is InChI=1S/C12H19N3O3S/c1-12(4-6-18-7-5-12)15-10-3-2-9(13)8-11(10)19(14,16)17/h2-3,8,15H,4-7,13H2,1H3,(H2,14,16,17). The van der Waals surface area contributed by atoms with Crippen molar-refractivity contribution in [3.63, 3.8) is 0 Å². The number of hydrogen-bond donors (Lipinski definition) is 3. The maximum absolute atomic E-state index is 11.6. The van der Waals surface area contributed by atoms with Crippen LogP contribution in [0.4, 0.5) is 11.4 Å². The van der Waals surface area contributed by atoms with E-state index in [1.54, 1.807) is 12.1 Å². The molecule has 5 N–H and O–H groups in total. The molecule has 1 aliphatic heterocycles. The zero-order chi connectivity index (χ0) is 14.1. The molecule has 7 heteroatoms. The summed E-state index contributed by atoms with van der Waals surface area (Å²) in [6.07, 6.45) is 1.61. The lowest BCUT2D eigenvalue weighted by atomic mass is 9.92. The molecule has 0 aliphatic carbocycles. The van der Waals surface area contributed by atoms with Gasteiger partial charge in [-0.25, -0.2) is 13.6 Å². The Balaban J connectivity index is 2.34. The number of primary sulfonamides is 1. The molecule has 0 amide bonds. The van der Waals surface area contributed by atoms with Crippen molar-refractivity contribution in [3.8, 4) is 0 Å². The Labute approximate surface area is 113 Å². The lowest BCUT2D eigenvalue weighted by Gasteiger charge is -2.36. The van der Waals surface area contributed by atoms with Crippen molar-refractivity contribution in [2.75, 3.05) is 24.3 Å². The number of benzene rings is 1. The molecule has 1 aromatic carbocycles. The molecule has 1 fully saturated rings. The highest BCUT2D eigenvalue weighted by atomic mass is 32.2. The van der Waals surface area contributed by atoms with Gasteiger partial charge in [0.25, 0.3) is 0 Å². The van der Waals surface area contributed by atoms with E-state index < -0.39 is 10.0 Å². The van der Waals surface area contributed by atoms with Gasteiger partial charge >= 0.3 is 0 Å². The van der Waals surface area contributed by atoms with Gasteiger partial charge < -0.3 is 15.8 Å². The van der Waals surface area contributed by atoms with Crippen molar-refractivity contribution in [2.24, 2.45) is 5.14 Å². The van der Waals surface area contributed by atoms with Crippen LogP contribution >= 0.6 is 0 Å². The molecule has 0 unspecified atom stereocenters. The third-order valence-electron chi connectivity index (χ3n) is 3.34. The second-order valence-corrected chi connectivity index (χ2v) is 6.63. The van der Waals surface area contributed by atoms with Crippen LogP contribution in [0.2, 0.25) is 0 Å². The molecule has 0 aromatic heterocycles. The third kappa shape index (κ3) is 3.37. The largest absolute Gasteiger partial charge is 0.399 e. The number of hydrogen-bond acceptors (Lipinski definition) is 5. The van der Waals surface area contributed by atoms with Gasteiger partial charge in [-0.15, -0.1) is 0 Å². The van der Waals surface area contributed by atoms with E-state index in [4.69, 9.17) is 15.6 Å². The van der Waals surface area contributed by atoms with Gasteiger partial charge in [-0.2, -0.15) is 0 Å². The molecule has 0 radical (unpaired) electrons. The summed E-state index contributed by atoms with van der Waals surface area (Å²) < 4.78 is 28.5. The summed E-state index contributed by atoms with van der Waals surface area (Å²) in [6, 6.07) is 4.68. The van der Waals surface area contributed by atoms with E-state index >= 15 is 0 Å². The van der Waals surface area contributed by atoms with E-state index in [1.807, 2.05) is 6.92 Å². The van der Waals surface area contributed by atoms with E-state index in [0.717, 1.165) is 12.8 Å². The van der Waals surface area contributed by atoms with E-state index in [0.29, 0.717) is 24.6 Å². The van der Waals surface area contributed by atoms with Crippen molar-refractivity contribution in [2.45, 2.75) is 30.2 Å². The number of anilines is 2. The average molecular weight is 285 g/mol. The molecule has 1 heterocycles. The summed E-state index contributed by atoms with van der Waals surface area (Å²) in [5.74, 6) is 0. The molecule has 1 aliphatic rings. The van der Waals surface area contributed by atoms with Gasteiger partial charge in [0.05, 0.1) is 5.69 Å². The lowest BCUT2D eigenvalue weighted by Crippen LogP contribution is -2.41. The lowest BCUT2D eigenvalue weighted by molar-refractivity contribution is 0.0657. The normalized spacial score (nSPS) is 19.1. The predicted molar refractivity (Wildman–Crippen MR) is 74.3 cm³/mol. The summed E-state index contributed by atoms with van der Waals surface area (Å²) in [7, 11) is -3.81. The molecule has 2 rings (SSSR count). The number of ether oxygens (including phenoxy) is 1. The zero-order valence-electron chi connectivity index (χ0n) is 10.8. The first kappa shape index (κ1) is 14.1. The Morgan fingerprint density at radius 3 is 2.53 bits per heavy atom. The van der Waals surface area contributed by atoms with Crippen molar-refractivity contribution in [1.82, 2.24) is 0 Å². The van der Waals surface area contributed by atoms with Gasteiger partial charge in [-0.1, -0.05) is 0 Å². The highest BCUT2D eigenvalue weighted by molar-refractivity contribution is 7.89. The van der Waals surface area contributed by atoms with Gasteiger partial charge in [0.1, 0.15) is 4.90 Å². The van der Waals surface area contributed by atoms with E-state index in [9.17, 15) is 8.42 Å². The fourth-order valence-corrected chi connectivity index (χ4v) is 2.88. The van der Waals surface area contributed by atoms with Crippen LogP contribution < -0.4 is 16.2 Å². The third-order valence-corrected chi connectivity index (χ3v) is 4.30. The van der Waals surface area contributed by atoms with Gasteiger partial charge in [-0.05, 0) is 38.0 Å². The first-order valence-corrected chi connectivity index (χ1v) is 7.63. The van der Waals surface area contributed by atoms with E-state index in [1.165, 1.54) is 6.07 Å². The topological polar surface area (TPSA) is 107 Å². The molecule has 1 aromatic rings. The predicted octanol–water partition coefficient (Wildman–Crippen LogP) is 0.897. The van der Waals surface area contributed by atoms with Crippen LogP contribution in [0.1, 0.15) is 19.8 Å². The molecule has 0 bridgehead atoms. The molecular formula is C12H19N3O3S. The van der Waals surface area contributed by atoms with Gasteiger partial charge in [-0.3, -0.25) is 0 Å². The number of sulfonamides is 1. The van der Waals surface area contributed by atoms with Crippen LogP contribution in [0.3, 0.4) is 0 Å². The first-order valence-electron chi connectivity index (χ1n) is 6.08. The fraction of sp³-hybridized carbons (Fsp3) is 0.500. The van der Waals surface area contributed by atoms with Gasteiger partial charge in [0.2, 0.25) is 10.0 Å². The van der Waals surface area contributed by atoms with E-state index in [2.05, 4.69) is 5.32 Å². The second kappa shape index (κ2) is 4.99. The number of rotatable bonds is 3. The Morgan fingerprint density at radius 1 is 1.32 bits per heavy atom. The van der Waals surface area contributed by atoms with Crippen LogP contribution in [-0.2, 0) is 14.8 Å². The van der Waals surface area contributed by atoms with Crippen LogP contribution in [-0.4, -0.2) is 27.2 Å². The highest BCUT2D eigenvalue weighted by Crippen LogP contribution is 2.30.